The average Bonchev–Trinajstić information content (AvgIpc) is 3.65. The summed E-state index contributed by atoms with van der Waals surface area (Å²) in [6.45, 7) is 3.46. The predicted octanol–water partition coefficient (Wildman–Crippen LogP) is 6.19. The number of nitrogens with zero attached hydrogens (tertiary/aromatic N) is 5. The van der Waals surface area contributed by atoms with Crippen LogP contribution in [0.2, 0.25) is 0 Å². The summed E-state index contributed by atoms with van der Waals surface area (Å²) in [7, 11) is 0. The third kappa shape index (κ3) is 7.04. The van der Waals surface area contributed by atoms with Crippen LogP contribution in [0.25, 0.3) is 17.1 Å². The van der Waals surface area contributed by atoms with Crippen LogP contribution in [0.3, 0.4) is 0 Å². The number of piperazine rings is 1. The average molecular weight is 614 g/mol. The van der Waals surface area contributed by atoms with Crippen LogP contribution in [0.5, 0.6) is 0 Å². The van der Waals surface area contributed by atoms with Gasteiger partial charge in [0, 0.05) is 48.3 Å². The third-order valence-corrected chi connectivity index (χ3v) is 8.96. The summed E-state index contributed by atoms with van der Waals surface area (Å²) < 4.78 is 42.0. The maximum Gasteiger partial charge on any atom is 0.416 e. The van der Waals surface area contributed by atoms with E-state index in [1.165, 1.54) is 17.8 Å². The number of thiophene rings is 1. The second-order valence-corrected chi connectivity index (χ2v) is 12.1. The minimum atomic E-state index is -4.48. The van der Waals surface area contributed by atoms with Crippen molar-refractivity contribution in [1.29, 1.82) is 0 Å². The van der Waals surface area contributed by atoms with Gasteiger partial charge in [0.15, 0.2) is 11.0 Å². The highest BCUT2D eigenvalue weighted by atomic mass is 32.2. The van der Waals surface area contributed by atoms with E-state index in [4.69, 9.17) is 0 Å². The van der Waals surface area contributed by atoms with Crippen LogP contribution >= 0.6 is 23.1 Å². The molecule has 12 heteroatoms. The molecule has 2 aromatic heterocycles. The van der Waals surface area contributed by atoms with Gasteiger partial charge in [-0.15, -0.1) is 21.5 Å². The number of rotatable bonds is 9. The quantitative estimate of drug-likeness (QED) is 0.166. The standard InChI is InChI=1S/C30H30F3N5O2S2/c1-21-20-36(14-15-37(21)27(40)19-25-12-6-16-41-25)26(39)13-7-17-42-29-35-34-28(22-8-3-2-4-9-22)38(29)24-11-5-10-23(18-24)30(31,32)33/h2-6,8-12,16,18,21H,7,13-15,17,19-20H2,1H3. The Balaban J connectivity index is 1.20. The Morgan fingerprint density at radius 2 is 1.81 bits per heavy atom. The van der Waals surface area contributed by atoms with Crippen molar-refractivity contribution < 1.29 is 22.8 Å². The minimum absolute atomic E-state index is 0.0251. The predicted molar refractivity (Wildman–Crippen MR) is 158 cm³/mol. The van der Waals surface area contributed by atoms with Crippen LogP contribution in [0, 0.1) is 0 Å². The Morgan fingerprint density at radius 1 is 1.00 bits per heavy atom. The van der Waals surface area contributed by atoms with E-state index in [0.29, 0.717) is 61.3 Å². The molecule has 7 nitrogen and oxygen atoms in total. The highest BCUT2D eigenvalue weighted by molar-refractivity contribution is 7.99. The highest BCUT2D eigenvalue weighted by Gasteiger charge is 2.32. The van der Waals surface area contributed by atoms with Crippen LogP contribution in [0.15, 0.2) is 77.3 Å². The van der Waals surface area contributed by atoms with E-state index in [2.05, 4.69) is 10.2 Å². The van der Waals surface area contributed by atoms with Gasteiger partial charge in [-0.2, -0.15) is 13.2 Å². The number of hydrogen-bond donors (Lipinski definition) is 0. The Labute approximate surface area is 250 Å². The monoisotopic (exact) mass is 613 g/mol. The molecule has 1 aliphatic rings. The van der Waals surface area contributed by atoms with E-state index in [0.717, 1.165) is 22.6 Å². The Kier molecular flexibility index (Phi) is 9.32. The second-order valence-electron chi connectivity index (χ2n) is 10.0. The number of alkyl halides is 3. The molecular weight excluding hydrogens is 583 g/mol. The van der Waals surface area contributed by atoms with Gasteiger partial charge >= 0.3 is 6.18 Å². The molecule has 0 saturated carbocycles. The number of benzene rings is 2. The molecule has 0 aliphatic carbocycles. The fourth-order valence-electron chi connectivity index (χ4n) is 4.96. The van der Waals surface area contributed by atoms with Crippen LogP contribution in [0.4, 0.5) is 13.2 Å². The van der Waals surface area contributed by atoms with Crippen molar-refractivity contribution in [2.24, 2.45) is 0 Å². The van der Waals surface area contributed by atoms with Crippen molar-refractivity contribution in [2.45, 2.75) is 43.6 Å². The number of hydrogen-bond acceptors (Lipinski definition) is 6. The molecule has 1 fully saturated rings. The maximum absolute atomic E-state index is 13.5. The summed E-state index contributed by atoms with van der Waals surface area (Å²) in [6, 6.07) is 18.1. The molecule has 1 unspecified atom stereocenters. The van der Waals surface area contributed by atoms with Gasteiger partial charge in [-0.25, -0.2) is 0 Å². The zero-order valence-corrected chi connectivity index (χ0v) is 24.6. The van der Waals surface area contributed by atoms with Crippen LogP contribution in [0.1, 0.15) is 30.2 Å². The zero-order chi connectivity index (χ0) is 29.7. The van der Waals surface area contributed by atoms with E-state index >= 15 is 0 Å². The zero-order valence-electron chi connectivity index (χ0n) is 23.0. The summed E-state index contributed by atoms with van der Waals surface area (Å²) in [5, 5.41) is 11.0. The van der Waals surface area contributed by atoms with Crippen molar-refractivity contribution >= 4 is 34.9 Å². The smallest absolute Gasteiger partial charge is 0.339 e. The number of carbonyl (C=O) groups is 2. The largest absolute Gasteiger partial charge is 0.416 e. The molecule has 0 spiro atoms. The summed E-state index contributed by atoms with van der Waals surface area (Å²) in [4.78, 5) is 30.4. The number of carbonyl (C=O) groups excluding carboxylic acids is 2. The number of halogens is 3. The topological polar surface area (TPSA) is 71.3 Å². The first kappa shape index (κ1) is 29.8. The van der Waals surface area contributed by atoms with Crippen LogP contribution in [-0.2, 0) is 22.2 Å². The first-order chi connectivity index (χ1) is 20.2. The second kappa shape index (κ2) is 13.1. The van der Waals surface area contributed by atoms with Gasteiger partial charge in [-0.3, -0.25) is 14.2 Å². The summed E-state index contributed by atoms with van der Waals surface area (Å²) >= 11 is 2.91. The SMILES string of the molecule is CC1CN(C(=O)CCCSc2nnc(-c3ccccc3)n2-c2cccc(C(F)(F)F)c2)CCN1C(=O)Cc1cccs1. The summed E-state index contributed by atoms with van der Waals surface area (Å²) in [6.07, 6.45) is -3.22. The van der Waals surface area contributed by atoms with Crippen molar-refractivity contribution in [2.75, 3.05) is 25.4 Å². The van der Waals surface area contributed by atoms with Crippen LogP contribution < -0.4 is 0 Å². The van der Waals surface area contributed by atoms with Gasteiger partial charge < -0.3 is 9.80 Å². The van der Waals surface area contributed by atoms with E-state index < -0.39 is 11.7 Å². The number of aromatic nitrogens is 3. The van der Waals surface area contributed by atoms with Crippen molar-refractivity contribution in [3.63, 3.8) is 0 Å². The Morgan fingerprint density at radius 3 is 2.52 bits per heavy atom. The lowest BCUT2D eigenvalue weighted by Gasteiger charge is -2.40. The molecule has 0 radical (unpaired) electrons. The molecule has 0 bridgehead atoms. The van der Waals surface area contributed by atoms with Crippen molar-refractivity contribution in [3.05, 3.63) is 82.6 Å². The van der Waals surface area contributed by atoms with Gasteiger partial charge in [0.25, 0.3) is 0 Å². The normalized spacial score (nSPS) is 15.7. The van der Waals surface area contributed by atoms with Gasteiger partial charge in [0.1, 0.15) is 0 Å². The first-order valence-corrected chi connectivity index (χ1v) is 15.5. The van der Waals surface area contributed by atoms with Gasteiger partial charge in [-0.1, -0.05) is 54.2 Å². The van der Waals surface area contributed by atoms with Crippen molar-refractivity contribution in [1.82, 2.24) is 24.6 Å². The van der Waals surface area contributed by atoms with E-state index in [9.17, 15) is 22.8 Å². The Bertz CT molecular complexity index is 1510. The summed E-state index contributed by atoms with van der Waals surface area (Å²) in [5.74, 6) is 1.08. The molecule has 2 amide bonds. The number of amides is 2. The van der Waals surface area contributed by atoms with Crippen molar-refractivity contribution in [3.8, 4) is 17.1 Å². The minimum Gasteiger partial charge on any atom is -0.339 e. The molecule has 1 atom stereocenters. The van der Waals surface area contributed by atoms with Gasteiger partial charge in [-0.05, 0) is 43.0 Å². The molecular formula is C30H30F3N5O2S2. The van der Waals surface area contributed by atoms with E-state index in [1.54, 1.807) is 22.0 Å². The number of thioether (sulfide) groups is 1. The summed E-state index contributed by atoms with van der Waals surface area (Å²) in [5.41, 5.74) is 0.288. The first-order valence-electron chi connectivity index (χ1n) is 13.6. The van der Waals surface area contributed by atoms with Gasteiger partial charge in [0.2, 0.25) is 11.8 Å². The third-order valence-electron chi connectivity index (χ3n) is 7.07. The highest BCUT2D eigenvalue weighted by Crippen LogP contribution is 2.33. The van der Waals surface area contributed by atoms with Gasteiger partial charge in [0.05, 0.1) is 17.7 Å². The lowest BCUT2D eigenvalue weighted by atomic mass is 10.1. The molecule has 1 saturated heterocycles. The van der Waals surface area contributed by atoms with Crippen LogP contribution in [-0.4, -0.2) is 67.8 Å². The van der Waals surface area contributed by atoms with E-state index in [1.807, 2.05) is 64.6 Å². The molecule has 1 aliphatic heterocycles. The maximum atomic E-state index is 13.5. The molecule has 3 heterocycles. The van der Waals surface area contributed by atoms with E-state index in [-0.39, 0.29) is 17.9 Å². The molecule has 4 aromatic rings. The molecule has 2 aromatic carbocycles. The fourth-order valence-corrected chi connectivity index (χ4v) is 6.54. The molecule has 42 heavy (non-hydrogen) atoms. The molecule has 0 N–H and O–H groups in total. The lowest BCUT2D eigenvalue weighted by Crippen LogP contribution is -2.55. The molecule has 220 valence electrons. The molecule has 5 rings (SSSR count). The lowest BCUT2D eigenvalue weighted by molar-refractivity contribution is -0.142. The fraction of sp³-hybridized carbons (Fsp3) is 0.333. The Hall–Kier alpha value is -3.64.